The van der Waals surface area contributed by atoms with Crippen molar-refractivity contribution in [3.8, 4) is 0 Å². The molecule has 2 fully saturated rings. The lowest BCUT2D eigenvalue weighted by Gasteiger charge is -2.43. The van der Waals surface area contributed by atoms with Crippen molar-refractivity contribution >= 4 is 17.9 Å². The summed E-state index contributed by atoms with van der Waals surface area (Å²) in [6.45, 7) is 6.43. The number of amides is 3. The number of piperidine rings is 1. The average molecular weight is 574 g/mol. The Balaban J connectivity index is 1.45. The summed E-state index contributed by atoms with van der Waals surface area (Å²) in [6.07, 6.45) is -2.69. The van der Waals surface area contributed by atoms with Crippen LogP contribution in [0, 0.1) is 5.92 Å². The van der Waals surface area contributed by atoms with Gasteiger partial charge in [0, 0.05) is 32.1 Å². The molecule has 41 heavy (non-hydrogen) atoms. The third kappa shape index (κ3) is 8.24. The Morgan fingerprint density at radius 1 is 0.927 bits per heavy atom. The summed E-state index contributed by atoms with van der Waals surface area (Å²) in [5.74, 6) is -0.719. The Bertz CT molecular complexity index is 1220. The lowest BCUT2D eigenvalue weighted by atomic mass is 9.94. The Morgan fingerprint density at radius 3 is 2.22 bits per heavy atom. The van der Waals surface area contributed by atoms with Gasteiger partial charge in [0.2, 0.25) is 11.8 Å². The molecule has 0 unspecified atom stereocenters. The Hall–Kier alpha value is -3.56. The van der Waals surface area contributed by atoms with Gasteiger partial charge in [0.05, 0.1) is 18.2 Å². The lowest BCUT2D eigenvalue weighted by Crippen LogP contribution is -2.59. The number of halogens is 3. The number of likely N-dealkylation sites (tertiary alicyclic amines) is 1. The number of rotatable bonds is 6. The molecular weight excluding hydrogens is 535 g/mol. The first-order valence-corrected chi connectivity index (χ1v) is 14.1. The molecule has 2 aromatic rings. The van der Waals surface area contributed by atoms with Gasteiger partial charge in [-0.15, -0.1) is 0 Å². The number of carbonyl (C=O) groups excluding carboxylic acids is 3. The number of carbonyl (C=O) groups is 3. The molecule has 3 amide bonds. The van der Waals surface area contributed by atoms with E-state index < -0.39 is 23.4 Å². The molecular formula is C31H38F3N3O4. The third-order valence-corrected chi connectivity index (χ3v) is 7.54. The van der Waals surface area contributed by atoms with Gasteiger partial charge in [-0.05, 0) is 69.7 Å². The topological polar surface area (TPSA) is 70.2 Å². The van der Waals surface area contributed by atoms with E-state index in [4.69, 9.17) is 4.74 Å². The summed E-state index contributed by atoms with van der Waals surface area (Å²) in [5, 5.41) is 0. The molecule has 2 aliphatic heterocycles. The van der Waals surface area contributed by atoms with E-state index in [-0.39, 0.29) is 36.9 Å². The maximum Gasteiger partial charge on any atom is 0.416 e. The van der Waals surface area contributed by atoms with Gasteiger partial charge in [-0.25, -0.2) is 4.79 Å². The van der Waals surface area contributed by atoms with Crippen LogP contribution in [0.15, 0.2) is 54.6 Å². The van der Waals surface area contributed by atoms with Crippen molar-refractivity contribution in [3.63, 3.8) is 0 Å². The number of ether oxygens (including phenoxy) is 1. The van der Waals surface area contributed by atoms with Gasteiger partial charge in [-0.1, -0.05) is 42.5 Å². The SMILES string of the molecule is CC(C)(C)OC(=O)N1CCC(C(=O)N2CC(=O)N(Cc3cccc(C(F)(F)F)c3)[C@@H](CCc3ccccc3)C2)CC1. The van der Waals surface area contributed by atoms with E-state index in [0.29, 0.717) is 50.9 Å². The molecule has 2 saturated heterocycles. The zero-order chi connectivity index (χ0) is 29.8. The Morgan fingerprint density at radius 2 is 1.59 bits per heavy atom. The molecule has 7 nitrogen and oxygen atoms in total. The van der Waals surface area contributed by atoms with E-state index in [9.17, 15) is 27.6 Å². The van der Waals surface area contributed by atoms with Crippen molar-refractivity contribution in [2.75, 3.05) is 26.2 Å². The van der Waals surface area contributed by atoms with Crippen molar-refractivity contribution in [1.29, 1.82) is 0 Å². The van der Waals surface area contributed by atoms with Crippen LogP contribution in [0.4, 0.5) is 18.0 Å². The fourth-order valence-electron chi connectivity index (χ4n) is 5.42. The summed E-state index contributed by atoms with van der Waals surface area (Å²) in [4.78, 5) is 44.2. The molecule has 0 spiro atoms. The fraction of sp³-hybridized carbons (Fsp3) is 0.516. The van der Waals surface area contributed by atoms with Crippen molar-refractivity contribution in [3.05, 3.63) is 71.3 Å². The molecule has 0 radical (unpaired) electrons. The smallest absolute Gasteiger partial charge is 0.416 e. The van der Waals surface area contributed by atoms with Crippen molar-refractivity contribution in [1.82, 2.24) is 14.7 Å². The second kappa shape index (κ2) is 12.5. The second-order valence-electron chi connectivity index (χ2n) is 11.9. The van der Waals surface area contributed by atoms with E-state index in [1.807, 2.05) is 30.3 Å². The molecule has 2 heterocycles. The molecule has 4 rings (SSSR count). The van der Waals surface area contributed by atoms with Crippen LogP contribution in [0.1, 0.15) is 56.7 Å². The molecule has 10 heteroatoms. The van der Waals surface area contributed by atoms with Crippen molar-refractivity contribution in [2.45, 2.75) is 70.8 Å². The molecule has 2 aliphatic rings. The van der Waals surface area contributed by atoms with Crippen molar-refractivity contribution in [2.24, 2.45) is 5.92 Å². The summed E-state index contributed by atoms with van der Waals surface area (Å²) in [5.41, 5.74) is 0.117. The molecule has 0 N–H and O–H groups in total. The van der Waals surface area contributed by atoms with E-state index in [2.05, 4.69) is 0 Å². The van der Waals surface area contributed by atoms with Gasteiger partial charge in [0.25, 0.3) is 0 Å². The minimum atomic E-state index is -4.48. The highest BCUT2D eigenvalue weighted by molar-refractivity contribution is 5.87. The summed E-state index contributed by atoms with van der Waals surface area (Å²) >= 11 is 0. The second-order valence-corrected chi connectivity index (χ2v) is 11.9. The quantitative estimate of drug-likeness (QED) is 0.456. The van der Waals surface area contributed by atoms with E-state index >= 15 is 0 Å². The normalized spacial score (nSPS) is 18.9. The Kier molecular flexibility index (Phi) is 9.29. The maximum atomic E-state index is 13.5. The monoisotopic (exact) mass is 573 g/mol. The van der Waals surface area contributed by atoms with Crippen LogP contribution in [-0.4, -0.2) is 70.4 Å². The number of aryl methyl sites for hydroxylation is 1. The number of nitrogens with zero attached hydrogens (tertiary/aromatic N) is 3. The van der Waals surface area contributed by atoms with Gasteiger partial charge in [-0.3, -0.25) is 9.59 Å². The summed E-state index contributed by atoms with van der Waals surface area (Å²) < 4.78 is 45.4. The number of hydrogen-bond acceptors (Lipinski definition) is 4. The van der Waals surface area contributed by atoms with Gasteiger partial charge in [-0.2, -0.15) is 13.2 Å². The predicted molar refractivity (Wildman–Crippen MR) is 148 cm³/mol. The highest BCUT2D eigenvalue weighted by Crippen LogP contribution is 2.31. The van der Waals surface area contributed by atoms with Gasteiger partial charge in [0.15, 0.2) is 0 Å². The van der Waals surface area contributed by atoms with Crippen LogP contribution in [0.3, 0.4) is 0 Å². The molecule has 0 bridgehead atoms. The first-order valence-electron chi connectivity index (χ1n) is 14.1. The van der Waals surface area contributed by atoms with Gasteiger partial charge >= 0.3 is 12.3 Å². The van der Waals surface area contributed by atoms with Crippen molar-refractivity contribution < 1.29 is 32.3 Å². The van der Waals surface area contributed by atoms with Crippen LogP contribution in [0.5, 0.6) is 0 Å². The predicted octanol–water partition coefficient (Wildman–Crippen LogP) is 5.52. The van der Waals surface area contributed by atoms with Crippen LogP contribution >= 0.6 is 0 Å². The zero-order valence-electron chi connectivity index (χ0n) is 23.8. The third-order valence-electron chi connectivity index (χ3n) is 7.54. The van der Waals surface area contributed by atoms with Gasteiger partial charge in [0.1, 0.15) is 5.60 Å². The van der Waals surface area contributed by atoms with Crippen LogP contribution in [0.25, 0.3) is 0 Å². The average Bonchev–Trinajstić information content (AvgIpc) is 2.92. The number of piperazine rings is 1. The zero-order valence-corrected chi connectivity index (χ0v) is 23.8. The minimum Gasteiger partial charge on any atom is -0.444 e. The Labute approximate surface area is 239 Å². The van der Waals surface area contributed by atoms with E-state index in [1.165, 1.54) is 6.07 Å². The molecule has 2 aromatic carbocycles. The highest BCUT2D eigenvalue weighted by atomic mass is 19.4. The molecule has 1 atom stereocenters. The lowest BCUT2D eigenvalue weighted by molar-refractivity contribution is -0.152. The van der Waals surface area contributed by atoms with Crippen LogP contribution in [0.2, 0.25) is 0 Å². The van der Waals surface area contributed by atoms with Crippen LogP contribution < -0.4 is 0 Å². The minimum absolute atomic E-state index is 0.0402. The summed E-state index contributed by atoms with van der Waals surface area (Å²) in [7, 11) is 0. The number of hydrogen-bond donors (Lipinski definition) is 0. The highest BCUT2D eigenvalue weighted by Gasteiger charge is 2.39. The summed E-state index contributed by atoms with van der Waals surface area (Å²) in [6, 6.07) is 14.5. The van der Waals surface area contributed by atoms with Gasteiger partial charge < -0.3 is 19.4 Å². The fourth-order valence-corrected chi connectivity index (χ4v) is 5.42. The van der Waals surface area contributed by atoms with Crippen LogP contribution in [-0.2, 0) is 33.5 Å². The molecule has 0 aliphatic carbocycles. The number of alkyl halides is 3. The maximum absolute atomic E-state index is 13.5. The largest absolute Gasteiger partial charge is 0.444 e. The van der Waals surface area contributed by atoms with E-state index in [0.717, 1.165) is 17.7 Å². The first kappa shape index (κ1) is 30.4. The molecule has 0 saturated carbocycles. The van der Waals surface area contributed by atoms with E-state index in [1.54, 1.807) is 41.5 Å². The molecule has 222 valence electrons. The standard InChI is InChI=1S/C31H38F3N3O4/c1-30(2,3)41-29(40)35-16-14-24(15-17-35)28(39)36-20-26(13-12-22-8-5-4-6-9-22)37(27(38)21-36)19-23-10-7-11-25(18-23)31(32,33)34/h4-11,18,24,26H,12-17,19-21H2,1-3H3/t26-/m0/s1. The first-order chi connectivity index (χ1) is 19.3. The molecule has 0 aromatic heterocycles. The number of benzene rings is 2.